The highest BCUT2D eigenvalue weighted by Gasteiger charge is 2.47. The third kappa shape index (κ3) is 5.37. The van der Waals surface area contributed by atoms with Crippen LogP contribution in [0.5, 0.6) is 0 Å². The summed E-state index contributed by atoms with van der Waals surface area (Å²) in [6.07, 6.45) is 2.11. The number of ether oxygens (including phenoxy) is 2. The molecular weight excluding hydrogens is 456 g/mol. The first-order chi connectivity index (χ1) is 17.1. The maximum atomic E-state index is 13.4. The number of aryl methyl sites for hydroxylation is 1. The summed E-state index contributed by atoms with van der Waals surface area (Å²) in [5.41, 5.74) is 1.46. The van der Waals surface area contributed by atoms with Gasteiger partial charge in [-0.15, -0.1) is 0 Å². The van der Waals surface area contributed by atoms with E-state index in [2.05, 4.69) is 0 Å². The molecule has 1 aliphatic rings. The van der Waals surface area contributed by atoms with Crippen LogP contribution in [0.1, 0.15) is 43.9 Å². The minimum atomic E-state index is -1.16. The molecule has 0 spiro atoms. The van der Waals surface area contributed by atoms with Gasteiger partial charge < -0.3 is 24.0 Å². The largest absolute Gasteiger partial charge is 0.438 e. The molecule has 4 rings (SSSR count). The van der Waals surface area contributed by atoms with Gasteiger partial charge in [0.1, 0.15) is 5.60 Å². The van der Waals surface area contributed by atoms with E-state index >= 15 is 0 Å². The van der Waals surface area contributed by atoms with Crippen LogP contribution in [0.4, 0.5) is 4.79 Å². The first-order valence-corrected chi connectivity index (χ1v) is 12.2. The zero-order valence-electron chi connectivity index (χ0n) is 21.3. The number of cyclic esters (lactones) is 1. The molecule has 1 saturated heterocycles. The van der Waals surface area contributed by atoms with Crippen molar-refractivity contribution in [3.63, 3.8) is 0 Å². The molecule has 0 aliphatic carbocycles. The van der Waals surface area contributed by atoms with Gasteiger partial charge in [0, 0.05) is 45.8 Å². The van der Waals surface area contributed by atoms with Gasteiger partial charge in [-0.05, 0) is 42.2 Å². The Hall–Kier alpha value is -3.42. The van der Waals surface area contributed by atoms with Gasteiger partial charge in [0.05, 0.1) is 18.2 Å². The number of benzene rings is 2. The van der Waals surface area contributed by atoms with Crippen LogP contribution in [0.25, 0.3) is 11.1 Å². The molecular formula is C29H34N2O5. The maximum Gasteiger partial charge on any atom is 0.411 e. The number of carbonyl (C=O) groups excluding carboxylic acids is 1. The zero-order valence-corrected chi connectivity index (χ0v) is 21.3. The van der Waals surface area contributed by atoms with Crippen LogP contribution in [0, 0.1) is 0 Å². The molecule has 1 aromatic heterocycles. The highest BCUT2D eigenvalue weighted by Crippen LogP contribution is 2.42. The molecule has 3 atom stereocenters. The molecule has 1 amide bonds. The topological polar surface area (TPSA) is 81.0 Å². The van der Waals surface area contributed by atoms with E-state index in [0.29, 0.717) is 13.0 Å². The van der Waals surface area contributed by atoms with Crippen molar-refractivity contribution in [1.29, 1.82) is 0 Å². The van der Waals surface area contributed by atoms with Crippen molar-refractivity contribution in [2.45, 2.75) is 43.9 Å². The molecule has 0 bridgehead atoms. The van der Waals surface area contributed by atoms with Crippen molar-refractivity contribution < 1.29 is 19.4 Å². The summed E-state index contributed by atoms with van der Waals surface area (Å²) in [5, 5.41) is 10.9. The summed E-state index contributed by atoms with van der Waals surface area (Å²) in [6.45, 7) is 4.30. The predicted molar refractivity (Wildman–Crippen MR) is 139 cm³/mol. The molecule has 7 heteroatoms. The van der Waals surface area contributed by atoms with Crippen LogP contribution in [0.2, 0.25) is 0 Å². The lowest BCUT2D eigenvalue weighted by Crippen LogP contribution is -2.52. The van der Waals surface area contributed by atoms with Gasteiger partial charge in [-0.25, -0.2) is 4.79 Å². The van der Waals surface area contributed by atoms with E-state index in [1.165, 1.54) is 4.57 Å². The second-order valence-electron chi connectivity index (χ2n) is 9.94. The minimum Gasteiger partial charge on any atom is -0.438 e. The number of aromatic nitrogens is 1. The number of methoxy groups -OCH3 is 1. The summed E-state index contributed by atoms with van der Waals surface area (Å²) in [5.74, 6) is 0. The molecule has 1 fully saturated rings. The van der Waals surface area contributed by atoms with Crippen molar-refractivity contribution >= 4 is 6.09 Å². The Morgan fingerprint density at radius 3 is 2.39 bits per heavy atom. The van der Waals surface area contributed by atoms with Gasteiger partial charge in [0.25, 0.3) is 5.56 Å². The standard InChI is InChI=1S/C29H34N2O5/c1-21(22-10-12-23(13-11-22)24-14-16-30(3)26(32)18-24)31-17-15-29(36-27(31)33,19-28(2,34)20-35-4)25-8-6-5-7-9-25/h5-14,16,18,21,34H,15,17,19-20H2,1-4H3/t21?,28-,29-/m0/s1. The number of pyridine rings is 1. The average molecular weight is 491 g/mol. The summed E-state index contributed by atoms with van der Waals surface area (Å²) >= 11 is 0. The van der Waals surface area contributed by atoms with Gasteiger partial charge in [-0.3, -0.25) is 4.79 Å². The van der Waals surface area contributed by atoms with E-state index in [1.807, 2.05) is 67.6 Å². The highest BCUT2D eigenvalue weighted by molar-refractivity contribution is 5.70. The number of aliphatic hydroxyl groups is 1. The Kier molecular flexibility index (Phi) is 7.33. The van der Waals surface area contributed by atoms with Crippen LogP contribution in [0.3, 0.4) is 0 Å². The monoisotopic (exact) mass is 490 g/mol. The van der Waals surface area contributed by atoms with Crippen LogP contribution in [0.15, 0.2) is 77.7 Å². The maximum absolute atomic E-state index is 13.4. The molecule has 1 aliphatic heterocycles. The third-order valence-electron chi connectivity index (χ3n) is 6.99. The Labute approximate surface area is 211 Å². The van der Waals surface area contributed by atoms with E-state index in [1.54, 1.807) is 38.2 Å². The lowest BCUT2D eigenvalue weighted by atomic mass is 9.79. The number of amides is 1. The average Bonchev–Trinajstić information content (AvgIpc) is 2.86. The summed E-state index contributed by atoms with van der Waals surface area (Å²) in [7, 11) is 3.27. The smallest absolute Gasteiger partial charge is 0.411 e. The molecule has 2 heterocycles. The number of carbonyl (C=O) groups is 1. The molecule has 36 heavy (non-hydrogen) atoms. The fourth-order valence-electron chi connectivity index (χ4n) is 5.03. The van der Waals surface area contributed by atoms with E-state index < -0.39 is 17.3 Å². The lowest BCUT2D eigenvalue weighted by molar-refractivity contribution is -0.121. The molecule has 3 aromatic rings. The first kappa shape index (κ1) is 25.7. The van der Waals surface area contributed by atoms with Crippen LogP contribution in [-0.2, 0) is 22.1 Å². The highest BCUT2D eigenvalue weighted by atomic mass is 16.6. The first-order valence-electron chi connectivity index (χ1n) is 12.2. The van der Waals surface area contributed by atoms with Crippen molar-refractivity contribution in [2.75, 3.05) is 20.3 Å². The van der Waals surface area contributed by atoms with E-state index in [4.69, 9.17) is 9.47 Å². The van der Waals surface area contributed by atoms with Gasteiger partial charge in [-0.1, -0.05) is 54.6 Å². The Morgan fingerprint density at radius 1 is 1.08 bits per heavy atom. The van der Waals surface area contributed by atoms with Crippen molar-refractivity contribution in [2.24, 2.45) is 7.05 Å². The predicted octanol–water partition coefficient (Wildman–Crippen LogP) is 4.64. The Morgan fingerprint density at radius 2 is 1.78 bits per heavy atom. The summed E-state index contributed by atoms with van der Waals surface area (Å²) in [4.78, 5) is 27.1. The third-order valence-corrected chi connectivity index (χ3v) is 6.99. The van der Waals surface area contributed by atoms with E-state index in [9.17, 15) is 14.7 Å². The van der Waals surface area contributed by atoms with Crippen molar-refractivity contribution in [3.8, 4) is 11.1 Å². The van der Waals surface area contributed by atoms with Gasteiger partial charge in [-0.2, -0.15) is 0 Å². The molecule has 190 valence electrons. The van der Waals surface area contributed by atoms with Crippen LogP contribution >= 0.6 is 0 Å². The van der Waals surface area contributed by atoms with Crippen molar-refractivity contribution in [1.82, 2.24) is 9.47 Å². The summed E-state index contributed by atoms with van der Waals surface area (Å²) in [6, 6.07) is 20.8. The van der Waals surface area contributed by atoms with E-state index in [0.717, 1.165) is 22.3 Å². The Bertz CT molecular complexity index is 1250. The molecule has 2 aromatic carbocycles. The van der Waals surface area contributed by atoms with Gasteiger partial charge in [0.15, 0.2) is 0 Å². The fourth-order valence-corrected chi connectivity index (χ4v) is 5.03. The number of hydrogen-bond acceptors (Lipinski definition) is 5. The summed E-state index contributed by atoms with van der Waals surface area (Å²) < 4.78 is 12.9. The molecule has 1 N–H and O–H groups in total. The minimum absolute atomic E-state index is 0.0626. The van der Waals surface area contributed by atoms with Gasteiger partial charge >= 0.3 is 6.09 Å². The molecule has 7 nitrogen and oxygen atoms in total. The molecule has 0 saturated carbocycles. The normalized spacial score (nSPS) is 20.5. The second-order valence-corrected chi connectivity index (χ2v) is 9.94. The quantitative estimate of drug-likeness (QED) is 0.498. The van der Waals surface area contributed by atoms with E-state index in [-0.39, 0.29) is 24.6 Å². The molecule has 1 unspecified atom stereocenters. The fraction of sp³-hybridized carbons (Fsp3) is 0.379. The number of nitrogens with zero attached hydrogens (tertiary/aromatic N) is 2. The van der Waals surface area contributed by atoms with Crippen LogP contribution < -0.4 is 5.56 Å². The zero-order chi connectivity index (χ0) is 25.9. The number of rotatable bonds is 8. The number of hydrogen-bond donors (Lipinski definition) is 1. The van der Waals surface area contributed by atoms with Crippen molar-refractivity contribution in [3.05, 3.63) is 94.4 Å². The van der Waals surface area contributed by atoms with Crippen LogP contribution in [-0.4, -0.2) is 46.5 Å². The second kappa shape index (κ2) is 10.3. The SMILES string of the molecule is COC[C@@](C)(O)C[C@]1(c2ccccc2)CCN(C(C)c2ccc(-c3ccn(C)c(=O)c3)cc2)C(=O)O1. The molecule has 0 radical (unpaired) electrons. The Balaban J connectivity index is 1.54. The lowest BCUT2D eigenvalue weighted by Gasteiger charge is -2.46. The van der Waals surface area contributed by atoms with Gasteiger partial charge in [0.2, 0.25) is 0 Å².